The van der Waals surface area contributed by atoms with Gasteiger partial charge >= 0.3 is 5.97 Å². The average Bonchev–Trinajstić information content (AvgIpc) is 3.36. The number of benzene rings is 2. The van der Waals surface area contributed by atoms with Crippen LogP contribution in [0, 0.1) is 0 Å². The zero-order valence-corrected chi connectivity index (χ0v) is 20.9. The molecule has 0 aliphatic carbocycles. The number of sulfonamides is 1. The fourth-order valence-corrected chi connectivity index (χ4v) is 5.32. The van der Waals surface area contributed by atoms with Gasteiger partial charge in [-0.1, -0.05) is 18.2 Å². The number of cyclic esters (lactones) is 1. The Morgan fingerprint density at radius 2 is 2.06 bits per heavy atom. The Balaban J connectivity index is 1.60. The van der Waals surface area contributed by atoms with Gasteiger partial charge in [-0.2, -0.15) is 5.10 Å². The molecule has 0 saturated carbocycles. The van der Waals surface area contributed by atoms with Gasteiger partial charge in [0.2, 0.25) is 22.2 Å². The van der Waals surface area contributed by atoms with Crippen LogP contribution in [0.1, 0.15) is 27.2 Å². The number of hydrogen-bond acceptors (Lipinski definition) is 8. The van der Waals surface area contributed by atoms with E-state index in [1.807, 2.05) is 24.3 Å². The lowest BCUT2D eigenvalue weighted by Crippen LogP contribution is -2.41. The van der Waals surface area contributed by atoms with Crippen molar-refractivity contribution in [1.82, 2.24) is 14.5 Å². The van der Waals surface area contributed by atoms with Crippen molar-refractivity contribution >= 4 is 38.5 Å². The molecule has 1 aliphatic heterocycles. The summed E-state index contributed by atoms with van der Waals surface area (Å²) in [6.45, 7) is 5.45. The molecule has 1 aromatic heterocycles. The maximum atomic E-state index is 13.4. The van der Waals surface area contributed by atoms with Gasteiger partial charge in [0.05, 0.1) is 30.7 Å². The van der Waals surface area contributed by atoms with E-state index in [2.05, 4.69) is 15.1 Å². The van der Waals surface area contributed by atoms with E-state index >= 15 is 0 Å². The van der Waals surface area contributed by atoms with Crippen LogP contribution in [0.3, 0.4) is 0 Å². The van der Waals surface area contributed by atoms with Gasteiger partial charge in [-0.15, -0.1) is 0 Å². The van der Waals surface area contributed by atoms with E-state index < -0.39 is 34.4 Å². The van der Waals surface area contributed by atoms with Crippen LogP contribution in [0.2, 0.25) is 0 Å². The van der Waals surface area contributed by atoms with Gasteiger partial charge in [-0.3, -0.25) is 14.3 Å². The molecule has 192 valence electrons. The highest BCUT2D eigenvalue weighted by molar-refractivity contribution is 7.89. The summed E-state index contributed by atoms with van der Waals surface area (Å²) in [6.07, 6.45) is 0.0843. The van der Waals surface area contributed by atoms with E-state index in [0.717, 1.165) is 10.9 Å². The Hall–Kier alpha value is -3.48. The van der Waals surface area contributed by atoms with Gasteiger partial charge in [0.1, 0.15) is 16.7 Å². The van der Waals surface area contributed by atoms with E-state index in [1.165, 1.54) is 25.1 Å². The Labute approximate surface area is 208 Å². The predicted octanol–water partition coefficient (Wildman–Crippen LogP) is 2.42. The summed E-state index contributed by atoms with van der Waals surface area (Å²) in [4.78, 5) is 23.2. The molecular weight excluding hydrogens is 488 g/mol. The Morgan fingerprint density at radius 3 is 2.81 bits per heavy atom. The molecule has 2 unspecified atom stereocenters. The number of hydrogen-bond donors (Lipinski definition) is 2. The van der Waals surface area contributed by atoms with Crippen LogP contribution < -0.4 is 14.8 Å². The highest BCUT2D eigenvalue weighted by atomic mass is 32.2. The minimum absolute atomic E-state index is 0.0379. The van der Waals surface area contributed by atoms with Crippen LogP contribution >= 0.6 is 0 Å². The van der Waals surface area contributed by atoms with Gasteiger partial charge in [-0.05, 0) is 32.0 Å². The number of carbonyl (C=O) groups excluding carboxylic acids is 2. The van der Waals surface area contributed by atoms with E-state index in [-0.39, 0.29) is 29.6 Å². The number of fused-ring (bicyclic) bond motifs is 1. The molecule has 1 saturated heterocycles. The van der Waals surface area contributed by atoms with Crippen molar-refractivity contribution in [3.8, 4) is 5.75 Å². The number of para-hydroxylation sites is 1. The van der Waals surface area contributed by atoms with Crippen LogP contribution in [0.15, 0.2) is 53.6 Å². The van der Waals surface area contributed by atoms with Crippen molar-refractivity contribution in [3.05, 3.63) is 48.7 Å². The first-order valence-electron chi connectivity index (χ1n) is 11.5. The second-order valence-electron chi connectivity index (χ2n) is 8.40. The second kappa shape index (κ2) is 10.6. The molecule has 11 nitrogen and oxygen atoms in total. The molecule has 2 N–H and O–H groups in total. The van der Waals surface area contributed by atoms with Gasteiger partial charge in [0, 0.05) is 30.7 Å². The first kappa shape index (κ1) is 25.6. The average molecular weight is 517 g/mol. The molecule has 2 aromatic carbocycles. The number of rotatable bonds is 10. The zero-order valence-electron chi connectivity index (χ0n) is 20.1. The topological polar surface area (TPSA) is 138 Å². The first-order chi connectivity index (χ1) is 17.2. The number of nitrogens with one attached hydrogen (secondary N) is 2. The molecule has 4 rings (SSSR count). The zero-order chi connectivity index (χ0) is 25.9. The summed E-state index contributed by atoms with van der Waals surface area (Å²) in [5.41, 5.74) is 1.29. The number of esters is 1. The maximum Gasteiger partial charge on any atom is 0.310 e. The first-order valence-corrected chi connectivity index (χ1v) is 13.0. The Morgan fingerprint density at radius 1 is 1.28 bits per heavy atom. The third kappa shape index (κ3) is 5.83. The highest BCUT2D eigenvalue weighted by Crippen LogP contribution is 2.30. The minimum atomic E-state index is -4.16. The molecule has 3 atom stereocenters. The molecular formula is C24H28N4O7S. The van der Waals surface area contributed by atoms with E-state index in [0.29, 0.717) is 12.2 Å². The minimum Gasteiger partial charge on any atom is -0.487 e. The predicted molar refractivity (Wildman–Crippen MR) is 131 cm³/mol. The van der Waals surface area contributed by atoms with E-state index in [4.69, 9.17) is 14.2 Å². The van der Waals surface area contributed by atoms with Crippen LogP contribution in [0.5, 0.6) is 5.75 Å². The molecule has 1 aliphatic rings. The quantitative estimate of drug-likeness (QED) is 0.392. The molecule has 3 aromatic rings. The summed E-state index contributed by atoms with van der Waals surface area (Å²) < 4.78 is 47.5. The summed E-state index contributed by atoms with van der Waals surface area (Å²) in [7, 11) is -4.16. The lowest BCUT2D eigenvalue weighted by Gasteiger charge is -2.21. The van der Waals surface area contributed by atoms with E-state index in [1.54, 1.807) is 24.7 Å². The van der Waals surface area contributed by atoms with Gasteiger partial charge in [-0.25, -0.2) is 13.1 Å². The number of carbonyl (C=O) groups is 2. The summed E-state index contributed by atoms with van der Waals surface area (Å²) in [6, 6.07) is 11.1. The molecule has 1 fully saturated rings. The van der Waals surface area contributed by atoms with E-state index in [9.17, 15) is 18.0 Å². The summed E-state index contributed by atoms with van der Waals surface area (Å²) >= 11 is 0. The number of nitrogens with zero attached hydrogens (tertiary/aromatic N) is 2. The normalized spacial score (nSPS) is 18.7. The summed E-state index contributed by atoms with van der Waals surface area (Å²) in [5, 5.41) is 8.00. The number of amides is 1. The number of ether oxygens (including phenoxy) is 3. The standard InChI is InChI=1S/C24H28N4O7S/c1-4-33-24-19(12-23(30)35-24)27-36(31,32)22-10-9-18(26-16(3)29)11-21(22)34-15(2)14-28-20-8-6-5-7-17(20)13-25-28/h5-11,13,15,19,24,27H,4,12,14H2,1-3H3,(H,26,29)/t15-,19?,24?/m1/s1. The fourth-order valence-electron chi connectivity index (χ4n) is 3.98. The van der Waals surface area contributed by atoms with Crippen LogP contribution in [0.25, 0.3) is 10.9 Å². The Bertz CT molecular complexity index is 1370. The molecule has 1 amide bonds. The Kier molecular flexibility index (Phi) is 7.57. The molecule has 2 heterocycles. The SMILES string of the molecule is CCOC1OC(=O)CC1NS(=O)(=O)c1ccc(NC(C)=O)cc1O[C@H](C)Cn1ncc2ccccc21. The van der Waals surface area contributed by atoms with Gasteiger partial charge < -0.3 is 19.5 Å². The maximum absolute atomic E-state index is 13.4. The van der Waals surface area contributed by atoms with Crippen molar-refractivity contribution in [2.75, 3.05) is 11.9 Å². The smallest absolute Gasteiger partial charge is 0.310 e. The van der Waals surface area contributed by atoms with Crippen LogP contribution in [-0.4, -0.2) is 55.1 Å². The van der Waals surface area contributed by atoms with Crippen LogP contribution in [0.4, 0.5) is 5.69 Å². The third-order valence-corrected chi connectivity index (χ3v) is 6.99. The van der Waals surface area contributed by atoms with Crippen molar-refractivity contribution in [2.24, 2.45) is 0 Å². The monoisotopic (exact) mass is 516 g/mol. The number of aromatic nitrogens is 2. The fraction of sp³-hybridized carbons (Fsp3) is 0.375. The largest absolute Gasteiger partial charge is 0.487 e. The molecule has 36 heavy (non-hydrogen) atoms. The molecule has 12 heteroatoms. The summed E-state index contributed by atoms with van der Waals surface area (Å²) in [5.74, 6) is -0.832. The second-order valence-corrected chi connectivity index (χ2v) is 10.1. The van der Waals surface area contributed by atoms with Crippen molar-refractivity contribution in [2.45, 2.75) is 57.1 Å². The molecule has 0 spiro atoms. The highest BCUT2D eigenvalue weighted by Gasteiger charge is 2.39. The number of anilines is 1. The molecule has 0 radical (unpaired) electrons. The van der Waals surface area contributed by atoms with Gasteiger partial charge in [0.25, 0.3) is 0 Å². The molecule has 0 bridgehead atoms. The van der Waals surface area contributed by atoms with Crippen molar-refractivity contribution in [3.63, 3.8) is 0 Å². The lowest BCUT2D eigenvalue weighted by molar-refractivity contribution is -0.163. The van der Waals surface area contributed by atoms with Gasteiger partial charge in [0.15, 0.2) is 0 Å². The van der Waals surface area contributed by atoms with Crippen LogP contribution in [-0.2, 0) is 35.6 Å². The van der Waals surface area contributed by atoms with Crippen molar-refractivity contribution in [1.29, 1.82) is 0 Å². The third-order valence-electron chi connectivity index (χ3n) is 5.46. The lowest BCUT2D eigenvalue weighted by atomic mass is 10.2. The van der Waals surface area contributed by atoms with Crippen molar-refractivity contribution < 1.29 is 32.2 Å².